The molecule has 1 amide bonds. The highest BCUT2D eigenvalue weighted by atomic mass is 79.9. The third kappa shape index (κ3) is 4.75. The van der Waals surface area contributed by atoms with Gasteiger partial charge in [0.1, 0.15) is 10.8 Å². The molecule has 4 rings (SSSR count). The van der Waals surface area contributed by atoms with Crippen LogP contribution in [0.1, 0.15) is 18.9 Å². The van der Waals surface area contributed by atoms with Crippen LogP contribution in [0, 0.1) is 5.92 Å². The second kappa shape index (κ2) is 8.47. The number of nitrogens with zero attached hydrogens (tertiary/aromatic N) is 6. The average molecular weight is 527 g/mol. The molecule has 31 heavy (non-hydrogen) atoms. The topological polar surface area (TPSA) is 101 Å². The highest BCUT2D eigenvalue weighted by Gasteiger charge is 2.25. The molecule has 0 saturated carbocycles. The van der Waals surface area contributed by atoms with Gasteiger partial charge in [0.05, 0.1) is 11.7 Å². The first kappa shape index (κ1) is 22.2. The lowest BCUT2D eigenvalue weighted by Crippen LogP contribution is -2.50. The second-order valence-corrected chi connectivity index (χ2v) is 12.0. The Labute approximate surface area is 193 Å². The zero-order chi connectivity index (χ0) is 22.3. The van der Waals surface area contributed by atoms with Crippen LogP contribution in [0.4, 0.5) is 5.69 Å². The molecule has 12 heteroatoms. The highest BCUT2D eigenvalue weighted by Crippen LogP contribution is 2.33. The van der Waals surface area contributed by atoms with E-state index >= 15 is 0 Å². The van der Waals surface area contributed by atoms with E-state index in [4.69, 9.17) is 0 Å². The van der Waals surface area contributed by atoms with Gasteiger partial charge in [-0.2, -0.15) is 5.10 Å². The van der Waals surface area contributed by atoms with Crippen molar-refractivity contribution >= 4 is 59.6 Å². The van der Waals surface area contributed by atoms with Crippen LogP contribution in [0.25, 0.3) is 16.0 Å². The van der Waals surface area contributed by atoms with Crippen LogP contribution in [0.5, 0.6) is 0 Å². The Morgan fingerprint density at radius 3 is 2.55 bits per heavy atom. The van der Waals surface area contributed by atoms with E-state index < -0.39 is 9.84 Å². The predicted molar refractivity (Wildman–Crippen MR) is 124 cm³/mol. The molecule has 1 saturated heterocycles. The van der Waals surface area contributed by atoms with E-state index in [1.807, 2.05) is 24.8 Å². The van der Waals surface area contributed by atoms with E-state index in [1.54, 1.807) is 10.9 Å². The number of carbonyl (C=O) groups excluding carboxylic acids is 1. The number of piperazine rings is 1. The van der Waals surface area contributed by atoms with Gasteiger partial charge in [0.15, 0.2) is 9.84 Å². The number of hydrogen-bond acceptors (Lipinski definition) is 8. The molecule has 3 heterocycles. The van der Waals surface area contributed by atoms with Gasteiger partial charge < -0.3 is 9.80 Å². The molecule has 9 nitrogen and oxygen atoms in total. The highest BCUT2D eigenvalue weighted by molar-refractivity contribution is 9.10. The third-order valence-corrected chi connectivity index (χ3v) is 7.42. The molecule has 1 aromatic carbocycles. The summed E-state index contributed by atoms with van der Waals surface area (Å²) in [7, 11) is -3.18. The standard InChI is InChI=1S/C19H23BrN6O3S2/c1-12(2)18(27)25-6-4-24(5-7-25)15-8-13(20)9-16-14(15)10-21-26(16)19-23-22-17(30-19)11-31(3,28)29/h8-10,12H,4-7,11H2,1-3H3. The van der Waals surface area contributed by atoms with Crippen LogP contribution < -0.4 is 4.90 Å². The molecule has 166 valence electrons. The van der Waals surface area contributed by atoms with Crippen molar-refractivity contribution < 1.29 is 13.2 Å². The summed E-state index contributed by atoms with van der Waals surface area (Å²) < 4.78 is 25.7. The van der Waals surface area contributed by atoms with Gasteiger partial charge in [-0.15, -0.1) is 10.2 Å². The molecule has 0 atom stereocenters. The number of aromatic nitrogens is 4. The molecule has 0 radical (unpaired) electrons. The second-order valence-electron chi connectivity index (χ2n) is 7.93. The molecule has 0 N–H and O–H groups in total. The molecular formula is C19H23BrN6O3S2. The fourth-order valence-corrected chi connectivity index (χ4v) is 6.06. The Morgan fingerprint density at radius 1 is 1.19 bits per heavy atom. The fraction of sp³-hybridized carbons (Fsp3) is 0.474. The smallest absolute Gasteiger partial charge is 0.233 e. The van der Waals surface area contributed by atoms with Gasteiger partial charge in [0.2, 0.25) is 11.0 Å². The number of carbonyl (C=O) groups is 1. The summed E-state index contributed by atoms with van der Waals surface area (Å²) in [6, 6.07) is 4.02. The predicted octanol–water partition coefficient (Wildman–Crippen LogP) is 2.49. The summed E-state index contributed by atoms with van der Waals surface area (Å²) >= 11 is 4.81. The van der Waals surface area contributed by atoms with E-state index in [-0.39, 0.29) is 17.6 Å². The SMILES string of the molecule is CC(C)C(=O)N1CCN(c2cc(Br)cc3c2cnn3-c2nnc(CS(C)(=O)=O)s2)CC1. The first-order valence-corrected chi connectivity index (χ1v) is 13.5. The molecule has 2 aromatic heterocycles. The first-order chi connectivity index (χ1) is 14.6. The quantitative estimate of drug-likeness (QED) is 0.503. The number of halogens is 1. The van der Waals surface area contributed by atoms with Crippen LogP contribution in [0.15, 0.2) is 22.8 Å². The van der Waals surface area contributed by atoms with Crippen LogP contribution in [0.3, 0.4) is 0 Å². The van der Waals surface area contributed by atoms with Crippen molar-refractivity contribution in [1.82, 2.24) is 24.9 Å². The Hall–Kier alpha value is -2.05. The molecule has 1 aliphatic heterocycles. The summed E-state index contributed by atoms with van der Waals surface area (Å²) in [6.07, 6.45) is 2.97. The number of rotatable bonds is 5. The number of sulfone groups is 1. The molecule has 0 unspecified atom stereocenters. The van der Waals surface area contributed by atoms with Gasteiger partial charge in [-0.25, -0.2) is 13.1 Å². The van der Waals surface area contributed by atoms with Gasteiger partial charge in [-0.05, 0) is 12.1 Å². The number of benzene rings is 1. The van der Waals surface area contributed by atoms with Gasteiger partial charge in [-0.3, -0.25) is 4.79 Å². The molecule has 0 aliphatic carbocycles. The van der Waals surface area contributed by atoms with Crippen LogP contribution in [0.2, 0.25) is 0 Å². The minimum Gasteiger partial charge on any atom is -0.367 e. The molecular weight excluding hydrogens is 504 g/mol. The van der Waals surface area contributed by atoms with E-state index in [0.717, 1.165) is 34.2 Å². The monoisotopic (exact) mass is 526 g/mol. The molecule has 0 spiro atoms. The van der Waals surface area contributed by atoms with Crippen molar-refractivity contribution in [1.29, 1.82) is 0 Å². The summed E-state index contributed by atoms with van der Waals surface area (Å²) in [5, 5.41) is 14.6. The van der Waals surface area contributed by atoms with Crippen molar-refractivity contribution in [2.24, 2.45) is 5.92 Å². The van der Waals surface area contributed by atoms with E-state index in [1.165, 1.54) is 17.6 Å². The lowest BCUT2D eigenvalue weighted by atomic mass is 10.1. The van der Waals surface area contributed by atoms with E-state index in [0.29, 0.717) is 23.2 Å². The van der Waals surface area contributed by atoms with Crippen molar-refractivity contribution in [3.05, 3.63) is 27.8 Å². The van der Waals surface area contributed by atoms with Crippen LogP contribution in [-0.4, -0.2) is 71.6 Å². The van der Waals surface area contributed by atoms with Crippen LogP contribution in [-0.2, 0) is 20.4 Å². The number of amides is 1. The van der Waals surface area contributed by atoms with Gasteiger partial charge in [0.25, 0.3) is 0 Å². The van der Waals surface area contributed by atoms with E-state index in [9.17, 15) is 13.2 Å². The summed E-state index contributed by atoms with van der Waals surface area (Å²) in [6.45, 7) is 6.71. The zero-order valence-corrected chi connectivity index (χ0v) is 20.7. The molecule has 3 aromatic rings. The average Bonchev–Trinajstić information content (AvgIpc) is 3.32. The Morgan fingerprint density at radius 2 is 1.90 bits per heavy atom. The minimum absolute atomic E-state index is 0.00171. The van der Waals surface area contributed by atoms with Crippen LogP contribution >= 0.6 is 27.3 Å². The maximum absolute atomic E-state index is 12.3. The molecule has 1 aliphatic rings. The normalized spacial score (nSPS) is 15.3. The summed E-state index contributed by atoms with van der Waals surface area (Å²) in [5.74, 6) is 0.0490. The zero-order valence-electron chi connectivity index (χ0n) is 17.4. The van der Waals surface area contributed by atoms with Gasteiger partial charge in [0, 0.05) is 53.9 Å². The van der Waals surface area contributed by atoms with Gasteiger partial charge in [-0.1, -0.05) is 41.1 Å². The maximum atomic E-state index is 12.3. The Bertz CT molecular complexity index is 1230. The van der Waals surface area contributed by atoms with Gasteiger partial charge >= 0.3 is 0 Å². The summed E-state index contributed by atoms with van der Waals surface area (Å²) in [4.78, 5) is 16.5. The first-order valence-electron chi connectivity index (χ1n) is 9.84. The Kier molecular flexibility index (Phi) is 6.05. The molecule has 1 fully saturated rings. The van der Waals surface area contributed by atoms with Crippen molar-refractivity contribution in [3.63, 3.8) is 0 Å². The summed E-state index contributed by atoms with van der Waals surface area (Å²) in [5.41, 5.74) is 1.89. The maximum Gasteiger partial charge on any atom is 0.233 e. The number of anilines is 1. The lowest BCUT2D eigenvalue weighted by molar-refractivity contribution is -0.134. The van der Waals surface area contributed by atoms with E-state index in [2.05, 4.69) is 42.2 Å². The minimum atomic E-state index is -3.18. The number of hydrogen-bond donors (Lipinski definition) is 0. The third-order valence-electron chi connectivity index (χ3n) is 5.08. The molecule has 0 bridgehead atoms. The van der Waals surface area contributed by atoms with Crippen molar-refractivity contribution in [3.8, 4) is 5.13 Å². The largest absolute Gasteiger partial charge is 0.367 e. The lowest BCUT2D eigenvalue weighted by Gasteiger charge is -2.37. The Balaban J connectivity index is 1.63. The van der Waals surface area contributed by atoms with Crippen molar-refractivity contribution in [2.45, 2.75) is 19.6 Å². The number of fused-ring (bicyclic) bond motifs is 1. The fourth-order valence-electron chi connectivity index (χ4n) is 3.63. The van der Waals surface area contributed by atoms with Crippen molar-refractivity contribution in [2.75, 3.05) is 37.3 Å².